The molecule has 0 radical (unpaired) electrons. The molecule has 7 heteroatoms. The zero-order valence-electron chi connectivity index (χ0n) is 14.2. The van der Waals surface area contributed by atoms with Gasteiger partial charge in [-0.1, -0.05) is 0 Å². The molecule has 1 aromatic rings. The maximum atomic E-state index is 12.0. The molecule has 0 saturated carbocycles. The van der Waals surface area contributed by atoms with Gasteiger partial charge in [-0.25, -0.2) is 14.8 Å². The highest BCUT2D eigenvalue weighted by atomic mass is 16.6. The molecule has 0 aromatic carbocycles. The number of rotatable bonds is 1. The van der Waals surface area contributed by atoms with Gasteiger partial charge in [0.2, 0.25) is 0 Å². The van der Waals surface area contributed by atoms with Crippen molar-refractivity contribution in [2.45, 2.75) is 64.1 Å². The summed E-state index contributed by atoms with van der Waals surface area (Å²) < 4.78 is 5.35. The minimum absolute atomic E-state index is 0.00139. The Hall–Kier alpha value is -2.05. The molecule has 0 aliphatic carbocycles. The lowest BCUT2D eigenvalue weighted by molar-refractivity contribution is 0.0493. The van der Waals surface area contributed by atoms with E-state index in [2.05, 4.69) is 27.1 Å². The van der Waals surface area contributed by atoms with Crippen molar-refractivity contribution >= 4 is 17.7 Å². The monoisotopic (exact) mass is 319 g/mol. The number of aromatic nitrogens is 2. The Morgan fingerprint density at radius 2 is 2.22 bits per heavy atom. The number of alkyl carbamates (subject to hydrolysis) is 1. The summed E-state index contributed by atoms with van der Waals surface area (Å²) in [6.07, 6.45) is 3.86. The zero-order valence-corrected chi connectivity index (χ0v) is 14.2. The molecular formula is C16H25N5O2. The molecule has 1 fully saturated rings. The van der Waals surface area contributed by atoms with Crippen LogP contribution in [0.4, 0.5) is 16.4 Å². The van der Waals surface area contributed by atoms with Gasteiger partial charge >= 0.3 is 6.09 Å². The third kappa shape index (κ3) is 3.04. The number of ether oxygens (including phenoxy) is 1. The van der Waals surface area contributed by atoms with Crippen molar-refractivity contribution in [3.63, 3.8) is 0 Å². The summed E-state index contributed by atoms with van der Waals surface area (Å²) in [4.78, 5) is 22.8. The first-order valence-corrected chi connectivity index (χ1v) is 8.04. The van der Waals surface area contributed by atoms with E-state index >= 15 is 0 Å². The Balaban J connectivity index is 1.73. The Kier molecular flexibility index (Phi) is 3.61. The maximum Gasteiger partial charge on any atom is 0.407 e. The fraction of sp³-hybridized carbons (Fsp3) is 0.688. The number of nitrogens with zero attached hydrogens (tertiary/aromatic N) is 3. The highest BCUT2D eigenvalue weighted by molar-refractivity contribution is 5.69. The van der Waals surface area contributed by atoms with Gasteiger partial charge in [-0.3, -0.25) is 0 Å². The van der Waals surface area contributed by atoms with Gasteiger partial charge in [0.05, 0.1) is 0 Å². The molecule has 7 nitrogen and oxygen atoms in total. The smallest absolute Gasteiger partial charge is 0.407 e. The number of nitrogen functional groups attached to an aromatic ring is 1. The van der Waals surface area contributed by atoms with Crippen molar-refractivity contribution in [3.8, 4) is 0 Å². The predicted molar refractivity (Wildman–Crippen MR) is 88.3 cm³/mol. The van der Waals surface area contributed by atoms with Gasteiger partial charge in [-0.05, 0) is 40.5 Å². The van der Waals surface area contributed by atoms with Crippen LogP contribution in [0.15, 0.2) is 6.33 Å². The van der Waals surface area contributed by atoms with Crippen LogP contribution in [-0.2, 0) is 11.2 Å². The second kappa shape index (κ2) is 5.25. The Morgan fingerprint density at radius 1 is 1.48 bits per heavy atom. The molecular weight excluding hydrogens is 294 g/mol. The van der Waals surface area contributed by atoms with E-state index in [9.17, 15) is 4.79 Å². The molecule has 2 unspecified atom stereocenters. The minimum Gasteiger partial charge on any atom is -0.444 e. The number of nitrogens with two attached hydrogens (primary N) is 1. The number of carbonyl (C=O) groups excluding carboxylic acids is 1. The number of piperidine rings is 1. The molecule has 0 bridgehead atoms. The standard InChI is InChI=1S/C16H25N5O2/c1-15(2,3)23-14(22)20-10-5-6-16(4)7-11-12(17)18-9-19-13(11)21(16)8-10/h9-10H,5-8H2,1-4H3,(H,20,22)(H2,17,18,19). The van der Waals surface area contributed by atoms with E-state index in [0.29, 0.717) is 12.4 Å². The lowest BCUT2D eigenvalue weighted by atomic mass is 9.85. The molecule has 1 amide bonds. The normalized spacial score (nSPS) is 26.4. The van der Waals surface area contributed by atoms with Crippen LogP contribution in [0.2, 0.25) is 0 Å². The molecule has 126 valence electrons. The van der Waals surface area contributed by atoms with Crippen molar-refractivity contribution in [1.29, 1.82) is 0 Å². The Morgan fingerprint density at radius 3 is 2.91 bits per heavy atom. The lowest BCUT2D eigenvalue weighted by Gasteiger charge is -2.44. The number of amides is 1. The van der Waals surface area contributed by atoms with Crippen LogP contribution in [0.5, 0.6) is 0 Å². The van der Waals surface area contributed by atoms with Crippen molar-refractivity contribution < 1.29 is 9.53 Å². The number of hydrogen-bond acceptors (Lipinski definition) is 6. The summed E-state index contributed by atoms with van der Waals surface area (Å²) in [5.41, 5.74) is 6.53. The maximum absolute atomic E-state index is 12.0. The molecule has 0 spiro atoms. The number of nitrogens with one attached hydrogen (secondary N) is 1. The highest BCUT2D eigenvalue weighted by Gasteiger charge is 2.46. The molecule has 3 rings (SSSR count). The summed E-state index contributed by atoms with van der Waals surface area (Å²) in [7, 11) is 0. The van der Waals surface area contributed by atoms with E-state index in [1.807, 2.05) is 20.8 Å². The zero-order chi connectivity index (χ0) is 16.8. The quantitative estimate of drug-likeness (QED) is 0.821. The van der Waals surface area contributed by atoms with E-state index in [4.69, 9.17) is 10.5 Å². The molecule has 2 atom stereocenters. The van der Waals surface area contributed by atoms with Crippen LogP contribution in [-0.4, -0.2) is 39.8 Å². The first-order valence-electron chi connectivity index (χ1n) is 8.04. The van der Waals surface area contributed by atoms with Gasteiger partial charge in [0, 0.05) is 30.1 Å². The largest absolute Gasteiger partial charge is 0.444 e. The first kappa shape index (κ1) is 15.8. The topological polar surface area (TPSA) is 93.4 Å². The van der Waals surface area contributed by atoms with Crippen LogP contribution in [0, 0.1) is 0 Å². The lowest BCUT2D eigenvalue weighted by Crippen LogP contribution is -2.57. The Labute approximate surface area is 136 Å². The van der Waals surface area contributed by atoms with E-state index in [-0.39, 0.29) is 17.7 Å². The molecule has 3 N–H and O–H groups in total. The predicted octanol–water partition coefficient (Wildman–Crippen LogP) is 1.87. The second-order valence-electron chi connectivity index (χ2n) is 7.73. The average molecular weight is 319 g/mol. The number of anilines is 2. The molecule has 1 aromatic heterocycles. The minimum atomic E-state index is -0.491. The summed E-state index contributed by atoms with van der Waals surface area (Å²) in [5, 5.41) is 2.97. The number of fused-ring (bicyclic) bond motifs is 3. The number of carbonyl (C=O) groups is 1. The van der Waals surface area contributed by atoms with Crippen LogP contribution >= 0.6 is 0 Å². The fourth-order valence-corrected chi connectivity index (χ4v) is 3.47. The second-order valence-corrected chi connectivity index (χ2v) is 7.73. The fourth-order valence-electron chi connectivity index (χ4n) is 3.47. The van der Waals surface area contributed by atoms with Gasteiger partial charge in [0.25, 0.3) is 0 Å². The van der Waals surface area contributed by atoms with Crippen LogP contribution in [0.25, 0.3) is 0 Å². The van der Waals surface area contributed by atoms with Crippen molar-refractivity contribution in [1.82, 2.24) is 15.3 Å². The SMILES string of the molecule is CC(C)(C)OC(=O)NC1CCC2(C)Cc3c(N)ncnc3N2C1. The van der Waals surface area contributed by atoms with E-state index < -0.39 is 5.60 Å². The molecule has 2 aliphatic rings. The third-order valence-electron chi connectivity index (χ3n) is 4.58. The van der Waals surface area contributed by atoms with Crippen LogP contribution in [0.1, 0.15) is 46.1 Å². The van der Waals surface area contributed by atoms with Crippen LogP contribution < -0.4 is 16.0 Å². The van der Waals surface area contributed by atoms with Gasteiger partial charge in [0.15, 0.2) is 0 Å². The number of hydrogen-bond donors (Lipinski definition) is 2. The molecule has 3 heterocycles. The summed E-state index contributed by atoms with van der Waals surface area (Å²) in [5.74, 6) is 1.46. The van der Waals surface area contributed by atoms with Crippen molar-refractivity contribution in [2.24, 2.45) is 0 Å². The van der Waals surface area contributed by atoms with Gasteiger partial charge in [-0.15, -0.1) is 0 Å². The van der Waals surface area contributed by atoms with Gasteiger partial charge in [0.1, 0.15) is 23.6 Å². The summed E-state index contributed by atoms with van der Waals surface area (Å²) >= 11 is 0. The van der Waals surface area contributed by atoms with Gasteiger partial charge in [-0.2, -0.15) is 0 Å². The van der Waals surface area contributed by atoms with Crippen molar-refractivity contribution in [3.05, 3.63) is 11.9 Å². The van der Waals surface area contributed by atoms with E-state index in [1.54, 1.807) is 0 Å². The third-order valence-corrected chi connectivity index (χ3v) is 4.58. The molecule has 1 saturated heterocycles. The molecule has 23 heavy (non-hydrogen) atoms. The summed E-state index contributed by atoms with van der Waals surface area (Å²) in [6, 6.07) is 0.0417. The van der Waals surface area contributed by atoms with Crippen LogP contribution in [0.3, 0.4) is 0 Å². The summed E-state index contributed by atoms with van der Waals surface area (Å²) in [6.45, 7) is 8.51. The first-order chi connectivity index (χ1) is 10.7. The molecule has 2 aliphatic heterocycles. The van der Waals surface area contributed by atoms with E-state index in [1.165, 1.54) is 6.33 Å². The Bertz CT molecular complexity index is 627. The van der Waals surface area contributed by atoms with Crippen molar-refractivity contribution in [2.75, 3.05) is 17.2 Å². The van der Waals surface area contributed by atoms with E-state index in [0.717, 1.165) is 30.6 Å². The average Bonchev–Trinajstić information content (AvgIpc) is 2.71. The van der Waals surface area contributed by atoms with Gasteiger partial charge < -0.3 is 20.7 Å². The highest BCUT2D eigenvalue weighted by Crippen LogP contribution is 2.44.